The molecular weight excluding hydrogens is 294 g/mol. The Morgan fingerprint density at radius 1 is 1.38 bits per heavy atom. The zero-order valence-electron chi connectivity index (χ0n) is 11.5. The average Bonchev–Trinajstić information content (AvgIpc) is 2.95. The minimum absolute atomic E-state index is 0.0351. The molecule has 3 atom stereocenters. The van der Waals surface area contributed by atoms with E-state index in [-0.39, 0.29) is 11.0 Å². The van der Waals surface area contributed by atoms with E-state index in [2.05, 4.69) is 4.98 Å². The van der Waals surface area contributed by atoms with Crippen LogP contribution in [0.1, 0.15) is 38.5 Å². The number of piperidine rings is 1. The third-order valence-corrected chi connectivity index (χ3v) is 5.50. The second-order valence-electron chi connectivity index (χ2n) is 5.69. The van der Waals surface area contributed by atoms with Gasteiger partial charge in [-0.3, -0.25) is 10.1 Å². The Morgan fingerprint density at radius 3 is 2.81 bits per heavy atom. The monoisotopic (exact) mass is 311 g/mol. The highest BCUT2D eigenvalue weighted by Gasteiger charge is 2.43. The largest absolute Gasteiger partial charge is 0.480 e. The summed E-state index contributed by atoms with van der Waals surface area (Å²) in [6.45, 7) is 0. The molecule has 1 aliphatic heterocycles. The lowest BCUT2D eigenvalue weighted by atomic mass is 9.76. The first kappa shape index (κ1) is 14.2. The van der Waals surface area contributed by atoms with Crippen LogP contribution in [0, 0.1) is 16.0 Å². The van der Waals surface area contributed by atoms with Gasteiger partial charge in [0.2, 0.25) is 0 Å². The summed E-state index contributed by atoms with van der Waals surface area (Å²) in [5, 5.41) is 20.8. The molecule has 1 aliphatic carbocycles. The average molecular weight is 311 g/mol. The number of hydrogen-bond donors (Lipinski definition) is 1. The number of fused-ring (bicyclic) bond motifs is 1. The number of hydrogen-bond acceptors (Lipinski definition) is 6. The number of nitro groups is 1. The fourth-order valence-electron chi connectivity index (χ4n) is 3.61. The molecule has 7 nitrogen and oxygen atoms in total. The number of aromatic nitrogens is 1. The van der Waals surface area contributed by atoms with Gasteiger partial charge in [0.25, 0.3) is 0 Å². The third kappa shape index (κ3) is 2.59. The van der Waals surface area contributed by atoms with Crippen LogP contribution in [0.25, 0.3) is 0 Å². The van der Waals surface area contributed by atoms with Gasteiger partial charge in [-0.15, -0.1) is 0 Å². The van der Waals surface area contributed by atoms with Gasteiger partial charge in [0.05, 0.1) is 4.92 Å². The molecule has 21 heavy (non-hydrogen) atoms. The molecule has 2 heterocycles. The first-order chi connectivity index (χ1) is 10.1. The number of carboxylic acid groups (broad SMARTS) is 1. The number of anilines is 1. The number of thiazole rings is 1. The van der Waals surface area contributed by atoms with Crippen molar-refractivity contribution < 1.29 is 14.8 Å². The molecular formula is C13H17N3O4S. The Kier molecular flexibility index (Phi) is 3.79. The number of nitrogens with zero attached hydrogens (tertiary/aromatic N) is 3. The lowest BCUT2D eigenvalue weighted by Crippen LogP contribution is -2.55. The van der Waals surface area contributed by atoms with Crippen LogP contribution >= 0.6 is 11.3 Å². The van der Waals surface area contributed by atoms with Crippen molar-refractivity contribution in [3.05, 3.63) is 16.3 Å². The predicted molar refractivity (Wildman–Crippen MR) is 77.7 cm³/mol. The maximum atomic E-state index is 11.6. The van der Waals surface area contributed by atoms with Crippen LogP contribution in [-0.4, -0.2) is 33.1 Å². The second-order valence-corrected chi connectivity index (χ2v) is 6.68. The Labute approximate surface area is 125 Å². The highest BCUT2D eigenvalue weighted by atomic mass is 32.1. The Balaban J connectivity index is 1.94. The maximum Gasteiger partial charge on any atom is 0.345 e. The van der Waals surface area contributed by atoms with Gasteiger partial charge in [-0.05, 0) is 42.9 Å². The molecule has 1 saturated carbocycles. The van der Waals surface area contributed by atoms with Crippen LogP contribution in [0.15, 0.2) is 6.20 Å². The van der Waals surface area contributed by atoms with Crippen LogP contribution in [-0.2, 0) is 4.79 Å². The Hall–Kier alpha value is -1.70. The number of rotatable bonds is 3. The molecule has 1 aromatic heterocycles. The molecule has 2 aliphatic rings. The van der Waals surface area contributed by atoms with E-state index in [9.17, 15) is 20.0 Å². The smallest absolute Gasteiger partial charge is 0.345 e. The minimum atomic E-state index is -0.864. The number of aliphatic carboxylic acids is 1. The van der Waals surface area contributed by atoms with E-state index in [4.69, 9.17) is 0 Å². The lowest BCUT2D eigenvalue weighted by molar-refractivity contribution is -0.380. The molecule has 2 fully saturated rings. The van der Waals surface area contributed by atoms with Crippen molar-refractivity contribution in [3.8, 4) is 0 Å². The van der Waals surface area contributed by atoms with E-state index >= 15 is 0 Å². The molecule has 0 spiro atoms. The zero-order valence-corrected chi connectivity index (χ0v) is 12.3. The van der Waals surface area contributed by atoms with Crippen molar-refractivity contribution in [1.82, 2.24) is 4.98 Å². The minimum Gasteiger partial charge on any atom is -0.480 e. The van der Waals surface area contributed by atoms with Crippen molar-refractivity contribution in [2.24, 2.45) is 5.92 Å². The summed E-state index contributed by atoms with van der Waals surface area (Å²) in [5.74, 6) is -0.380. The van der Waals surface area contributed by atoms with E-state index in [1.807, 2.05) is 4.90 Å². The van der Waals surface area contributed by atoms with Crippen LogP contribution in [0.5, 0.6) is 0 Å². The van der Waals surface area contributed by atoms with Gasteiger partial charge in [-0.25, -0.2) is 9.78 Å². The molecule has 3 unspecified atom stereocenters. The van der Waals surface area contributed by atoms with E-state index in [1.54, 1.807) is 0 Å². The summed E-state index contributed by atoms with van der Waals surface area (Å²) in [7, 11) is 0. The standard InChI is InChI=1S/C13H17N3O4S/c17-12(18)10-6-5-8-3-1-2-4-9(8)15(10)13-14-7-11(21-13)16(19)20/h7-10H,1-6H2,(H,17,18). The molecule has 1 saturated heterocycles. The maximum absolute atomic E-state index is 11.6. The summed E-state index contributed by atoms with van der Waals surface area (Å²) in [5.41, 5.74) is 0. The molecule has 1 N–H and O–H groups in total. The van der Waals surface area contributed by atoms with E-state index in [0.717, 1.165) is 37.0 Å². The van der Waals surface area contributed by atoms with E-state index in [1.165, 1.54) is 12.6 Å². The third-order valence-electron chi connectivity index (χ3n) is 4.54. The summed E-state index contributed by atoms with van der Waals surface area (Å²) < 4.78 is 0. The van der Waals surface area contributed by atoms with Crippen LogP contribution < -0.4 is 4.90 Å². The van der Waals surface area contributed by atoms with E-state index in [0.29, 0.717) is 17.5 Å². The summed E-state index contributed by atoms with van der Waals surface area (Å²) in [6.07, 6.45) is 7.06. The quantitative estimate of drug-likeness (QED) is 0.681. The molecule has 0 amide bonds. The highest BCUT2D eigenvalue weighted by molar-refractivity contribution is 7.18. The summed E-state index contributed by atoms with van der Waals surface area (Å²) in [4.78, 5) is 27.9. The van der Waals surface area contributed by atoms with Crippen molar-refractivity contribution in [3.63, 3.8) is 0 Å². The van der Waals surface area contributed by atoms with Gasteiger partial charge < -0.3 is 10.0 Å². The van der Waals surface area contributed by atoms with E-state index < -0.39 is 16.9 Å². The van der Waals surface area contributed by atoms with Gasteiger partial charge in [-0.2, -0.15) is 0 Å². The lowest BCUT2D eigenvalue weighted by Gasteiger charge is -2.47. The molecule has 1 aromatic rings. The van der Waals surface area contributed by atoms with Gasteiger partial charge in [-0.1, -0.05) is 12.8 Å². The van der Waals surface area contributed by atoms with Crippen LogP contribution in [0.2, 0.25) is 0 Å². The Morgan fingerprint density at radius 2 is 2.14 bits per heavy atom. The summed E-state index contributed by atoms with van der Waals surface area (Å²) >= 11 is 0.977. The number of carbonyl (C=O) groups is 1. The van der Waals surface area contributed by atoms with Crippen LogP contribution in [0.3, 0.4) is 0 Å². The second kappa shape index (κ2) is 5.59. The molecule has 114 valence electrons. The van der Waals surface area contributed by atoms with Crippen molar-refractivity contribution in [2.75, 3.05) is 4.90 Å². The zero-order chi connectivity index (χ0) is 15.0. The highest BCUT2D eigenvalue weighted by Crippen LogP contribution is 2.42. The van der Waals surface area contributed by atoms with Crippen molar-refractivity contribution in [1.29, 1.82) is 0 Å². The number of carboxylic acids is 1. The Bertz CT molecular complexity index is 561. The van der Waals surface area contributed by atoms with Crippen molar-refractivity contribution in [2.45, 2.75) is 50.6 Å². The van der Waals surface area contributed by atoms with Gasteiger partial charge >= 0.3 is 11.0 Å². The topological polar surface area (TPSA) is 96.6 Å². The van der Waals surface area contributed by atoms with Crippen LogP contribution in [0.4, 0.5) is 10.1 Å². The van der Waals surface area contributed by atoms with Gasteiger partial charge in [0.15, 0.2) is 5.13 Å². The predicted octanol–water partition coefficient (Wildman–Crippen LogP) is 2.66. The molecule has 3 rings (SSSR count). The normalized spacial score (nSPS) is 29.0. The first-order valence-electron chi connectivity index (χ1n) is 7.19. The van der Waals surface area contributed by atoms with Gasteiger partial charge in [0, 0.05) is 6.04 Å². The fraction of sp³-hybridized carbons (Fsp3) is 0.692. The molecule has 8 heteroatoms. The summed E-state index contributed by atoms with van der Waals surface area (Å²) in [6, 6.07) is -0.463. The van der Waals surface area contributed by atoms with Gasteiger partial charge in [0.1, 0.15) is 12.2 Å². The molecule has 0 bridgehead atoms. The first-order valence-corrected chi connectivity index (χ1v) is 8.01. The molecule has 0 radical (unpaired) electrons. The van der Waals surface area contributed by atoms with Crippen molar-refractivity contribution >= 4 is 27.4 Å². The SMILES string of the molecule is O=C(O)C1CCC2CCCCC2N1c1ncc([N+](=O)[O-])s1. The fourth-order valence-corrected chi connectivity index (χ4v) is 4.45. The molecule has 0 aromatic carbocycles.